The van der Waals surface area contributed by atoms with E-state index in [-0.39, 0.29) is 0 Å². The van der Waals surface area contributed by atoms with Gasteiger partial charge in [-0.05, 0) is 37.1 Å². The second-order valence-corrected chi connectivity index (χ2v) is 5.73. The molecule has 0 radical (unpaired) electrons. The molecule has 0 saturated heterocycles. The van der Waals surface area contributed by atoms with Gasteiger partial charge in [0.2, 0.25) is 11.7 Å². The maximum absolute atomic E-state index is 5.46. The molecule has 0 N–H and O–H groups in total. The molecule has 4 heteroatoms. The molecule has 1 saturated carbocycles. The van der Waals surface area contributed by atoms with Crippen LogP contribution in [0.4, 0.5) is 5.69 Å². The topological polar surface area (TPSA) is 42.2 Å². The van der Waals surface area contributed by atoms with E-state index in [2.05, 4.69) is 27.2 Å². The summed E-state index contributed by atoms with van der Waals surface area (Å²) in [6.07, 6.45) is 6.26. The van der Waals surface area contributed by atoms with Gasteiger partial charge in [-0.3, -0.25) is 0 Å². The van der Waals surface area contributed by atoms with E-state index in [1.807, 2.05) is 26.2 Å². The largest absolute Gasteiger partial charge is 0.378 e. The zero-order valence-electron chi connectivity index (χ0n) is 12.2. The Balaban J connectivity index is 1.78. The van der Waals surface area contributed by atoms with Crippen LogP contribution in [-0.4, -0.2) is 24.2 Å². The van der Waals surface area contributed by atoms with Crippen LogP contribution in [0.5, 0.6) is 0 Å². The molecule has 1 fully saturated rings. The molecule has 106 valence electrons. The van der Waals surface area contributed by atoms with E-state index in [1.54, 1.807) is 0 Å². The van der Waals surface area contributed by atoms with Gasteiger partial charge in [-0.2, -0.15) is 4.98 Å². The summed E-state index contributed by atoms with van der Waals surface area (Å²) in [5, 5.41) is 4.14. The van der Waals surface area contributed by atoms with Crippen molar-refractivity contribution in [3.63, 3.8) is 0 Å². The molecule has 1 heterocycles. The van der Waals surface area contributed by atoms with E-state index in [4.69, 9.17) is 4.52 Å². The normalized spacial score (nSPS) is 16.3. The minimum atomic E-state index is 0.464. The number of anilines is 1. The summed E-state index contributed by atoms with van der Waals surface area (Å²) in [4.78, 5) is 6.66. The summed E-state index contributed by atoms with van der Waals surface area (Å²) < 4.78 is 5.46. The fourth-order valence-corrected chi connectivity index (χ4v) is 2.78. The highest BCUT2D eigenvalue weighted by molar-refractivity contribution is 5.59. The summed E-state index contributed by atoms with van der Waals surface area (Å²) in [6.45, 7) is 0. The molecule has 2 aromatic rings. The third kappa shape index (κ3) is 2.69. The second-order valence-electron chi connectivity index (χ2n) is 5.73. The van der Waals surface area contributed by atoms with Gasteiger partial charge in [0.05, 0.1) is 0 Å². The van der Waals surface area contributed by atoms with Gasteiger partial charge >= 0.3 is 0 Å². The third-order valence-electron chi connectivity index (χ3n) is 4.04. The van der Waals surface area contributed by atoms with Gasteiger partial charge in [-0.1, -0.05) is 24.4 Å². The van der Waals surface area contributed by atoms with Crippen LogP contribution in [-0.2, 0) is 0 Å². The Morgan fingerprint density at radius 2 is 1.75 bits per heavy atom. The maximum Gasteiger partial charge on any atom is 0.230 e. The quantitative estimate of drug-likeness (QED) is 0.850. The minimum Gasteiger partial charge on any atom is -0.378 e. The van der Waals surface area contributed by atoms with E-state index >= 15 is 0 Å². The molecule has 0 amide bonds. The standard InChI is InChI=1S/C16H21N3O/c1-19(2)14-10-8-12(9-11-14)15-17-16(20-18-15)13-6-4-3-5-7-13/h8-11,13H,3-7H2,1-2H3. The van der Waals surface area contributed by atoms with Crippen LogP contribution in [0.2, 0.25) is 0 Å². The van der Waals surface area contributed by atoms with Gasteiger partial charge in [0, 0.05) is 31.3 Å². The van der Waals surface area contributed by atoms with Gasteiger partial charge < -0.3 is 9.42 Å². The number of hydrogen-bond donors (Lipinski definition) is 0. The Bertz CT molecular complexity index is 553. The smallest absolute Gasteiger partial charge is 0.230 e. The van der Waals surface area contributed by atoms with E-state index in [1.165, 1.54) is 37.8 Å². The molecule has 0 bridgehead atoms. The average Bonchev–Trinajstić information content (AvgIpc) is 2.98. The number of nitrogens with zero attached hydrogens (tertiary/aromatic N) is 3. The molecule has 20 heavy (non-hydrogen) atoms. The summed E-state index contributed by atoms with van der Waals surface area (Å²) in [6, 6.07) is 8.24. The zero-order chi connectivity index (χ0) is 13.9. The molecule has 4 nitrogen and oxygen atoms in total. The first-order valence-corrected chi connectivity index (χ1v) is 7.35. The first-order valence-electron chi connectivity index (χ1n) is 7.35. The van der Waals surface area contributed by atoms with Crippen LogP contribution in [0.15, 0.2) is 28.8 Å². The van der Waals surface area contributed by atoms with Gasteiger partial charge in [-0.15, -0.1) is 0 Å². The minimum absolute atomic E-state index is 0.464. The Hall–Kier alpha value is -1.84. The number of rotatable bonds is 3. The SMILES string of the molecule is CN(C)c1ccc(-c2noc(C3CCCCC3)n2)cc1. The van der Waals surface area contributed by atoms with Gasteiger partial charge in [0.1, 0.15) is 0 Å². The first kappa shape index (κ1) is 13.2. The number of aromatic nitrogens is 2. The van der Waals surface area contributed by atoms with Gasteiger partial charge in [0.25, 0.3) is 0 Å². The van der Waals surface area contributed by atoms with Crippen LogP contribution in [0.25, 0.3) is 11.4 Å². The lowest BCUT2D eigenvalue weighted by molar-refractivity contribution is 0.314. The molecular weight excluding hydrogens is 250 g/mol. The van der Waals surface area contributed by atoms with Crippen molar-refractivity contribution in [3.8, 4) is 11.4 Å². The summed E-state index contributed by atoms with van der Waals surface area (Å²) in [5.74, 6) is 1.98. The van der Waals surface area contributed by atoms with Crippen molar-refractivity contribution >= 4 is 5.69 Å². The third-order valence-corrected chi connectivity index (χ3v) is 4.04. The van der Waals surface area contributed by atoms with E-state index < -0.39 is 0 Å². The number of hydrogen-bond acceptors (Lipinski definition) is 4. The predicted molar refractivity (Wildman–Crippen MR) is 79.9 cm³/mol. The maximum atomic E-state index is 5.46. The van der Waals surface area contributed by atoms with Crippen LogP contribution in [0, 0.1) is 0 Å². The van der Waals surface area contributed by atoms with Crippen molar-refractivity contribution in [1.82, 2.24) is 10.1 Å². The molecule has 1 aliphatic rings. The monoisotopic (exact) mass is 271 g/mol. The lowest BCUT2D eigenvalue weighted by atomic mass is 9.89. The average molecular weight is 271 g/mol. The molecule has 1 aromatic heterocycles. The molecule has 0 spiro atoms. The number of benzene rings is 1. The molecule has 1 aromatic carbocycles. The van der Waals surface area contributed by atoms with Crippen LogP contribution >= 0.6 is 0 Å². The van der Waals surface area contributed by atoms with Crippen LogP contribution in [0.1, 0.15) is 43.9 Å². The zero-order valence-corrected chi connectivity index (χ0v) is 12.2. The molecule has 1 aliphatic carbocycles. The molecule has 0 unspecified atom stereocenters. The molecular formula is C16H21N3O. The first-order chi connectivity index (χ1) is 9.74. The Morgan fingerprint density at radius 1 is 1.05 bits per heavy atom. The summed E-state index contributed by atoms with van der Waals surface area (Å²) >= 11 is 0. The van der Waals surface area contributed by atoms with Crippen LogP contribution in [0.3, 0.4) is 0 Å². The molecule has 0 atom stereocenters. The highest BCUT2D eigenvalue weighted by Crippen LogP contribution is 2.32. The highest BCUT2D eigenvalue weighted by Gasteiger charge is 2.21. The van der Waals surface area contributed by atoms with Crippen molar-refractivity contribution in [2.45, 2.75) is 38.0 Å². The molecule has 3 rings (SSSR count). The van der Waals surface area contributed by atoms with Gasteiger partial charge in [-0.25, -0.2) is 0 Å². The predicted octanol–water partition coefficient (Wildman–Crippen LogP) is 3.85. The highest BCUT2D eigenvalue weighted by atomic mass is 16.5. The Kier molecular flexibility index (Phi) is 3.72. The van der Waals surface area contributed by atoms with Crippen molar-refractivity contribution < 1.29 is 4.52 Å². The van der Waals surface area contributed by atoms with Crippen molar-refractivity contribution in [3.05, 3.63) is 30.2 Å². The van der Waals surface area contributed by atoms with E-state index in [9.17, 15) is 0 Å². The van der Waals surface area contributed by atoms with Crippen molar-refractivity contribution in [1.29, 1.82) is 0 Å². The summed E-state index contributed by atoms with van der Waals surface area (Å²) in [7, 11) is 4.06. The molecule has 0 aliphatic heterocycles. The fraction of sp³-hybridized carbons (Fsp3) is 0.500. The lowest BCUT2D eigenvalue weighted by Crippen LogP contribution is -2.07. The second kappa shape index (κ2) is 5.65. The van der Waals surface area contributed by atoms with Crippen LogP contribution < -0.4 is 4.90 Å². The lowest BCUT2D eigenvalue weighted by Gasteiger charge is -2.17. The van der Waals surface area contributed by atoms with Crippen molar-refractivity contribution in [2.75, 3.05) is 19.0 Å². The Morgan fingerprint density at radius 3 is 2.40 bits per heavy atom. The van der Waals surface area contributed by atoms with Gasteiger partial charge in [0.15, 0.2) is 0 Å². The Labute approximate surface area is 119 Å². The van der Waals surface area contributed by atoms with E-state index in [0.717, 1.165) is 11.5 Å². The fourth-order valence-electron chi connectivity index (χ4n) is 2.78. The van der Waals surface area contributed by atoms with E-state index in [0.29, 0.717) is 11.7 Å². The van der Waals surface area contributed by atoms with Crippen molar-refractivity contribution in [2.24, 2.45) is 0 Å². The summed E-state index contributed by atoms with van der Waals surface area (Å²) in [5.41, 5.74) is 2.19.